The van der Waals surface area contributed by atoms with Crippen LogP contribution in [-0.4, -0.2) is 34.0 Å². The van der Waals surface area contributed by atoms with Crippen LogP contribution in [0.25, 0.3) is 0 Å². The van der Waals surface area contributed by atoms with Crippen molar-refractivity contribution in [1.29, 1.82) is 0 Å². The number of carbonyl (C=O) groups excluding carboxylic acids is 3. The molecule has 0 unspecified atom stereocenters. The van der Waals surface area contributed by atoms with Crippen LogP contribution in [0.15, 0.2) is 17.5 Å². The van der Waals surface area contributed by atoms with Crippen LogP contribution < -0.4 is 5.32 Å². The number of hydrogen-bond acceptors (Lipinski definition) is 6. The average molecular weight is 406 g/mol. The molecule has 6 nitrogen and oxygen atoms in total. The number of hydrogen-bond donors (Lipinski definition) is 1. The topological polar surface area (TPSA) is 79.4 Å². The van der Waals surface area contributed by atoms with E-state index in [1.165, 1.54) is 22.7 Å². The standard InChI is InChI=1S/C19H23N3O3S2/c1-12(2)10-18(25)22-8-7-13-16(11-22)27-19(20-13)21-17(24)6-5-14(23)15-4-3-9-26-15/h3-4,9,12H,5-8,10-11H2,1-2H3,(H,20,21,24). The van der Waals surface area contributed by atoms with Gasteiger partial charge in [0, 0.05) is 37.1 Å². The molecule has 144 valence electrons. The van der Waals surface area contributed by atoms with Gasteiger partial charge in [-0.2, -0.15) is 0 Å². The van der Waals surface area contributed by atoms with Crippen LogP contribution in [0.4, 0.5) is 5.13 Å². The smallest absolute Gasteiger partial charge is 0.226 e. The maximum absolute atomic E-state index is 12.3. The molecule has 2 aromatic rings. The SMILES string of the molecule is CC(C)CC(=O)N1CCc2nc(NC(=O)CCC(=O)c3cccs3)sc2C1. The molecule has 0 saturated carbocycles. The Morgan fingerprint density at radius 1 is 1.30 bits per heavy atom. The molecule has 1 N–H and O–H groups in total. The van der Waals surface area contributed by atoms with Crippen LogP contribution in [-0.2, 0) is 22.6 Å². The van der Waals surface area contributed by atoms with Crippen molar-refractivity contribution in [2.45, 2.75) is 46.1 Å². The van der Waals surface area contributed by atoms with Crippen molar-refractivity contribution in [3.63, 3.8) is 0 Å². The number of amides is 2. The van der Waals surface area contributed by atoms with E-state index in [2.05, 4.69) is 10.3 Å². The van der Waals surface area contributed by atoms with Gasteiger partial charge in [-0.3, -0.25) is 14.4 Å². The van der Waals surface area contributed by atoms with E-state index in [1.54, 1.807) is 6.07 Å². The Labute approximate surface area is 166 Å². The third-order valence-electron chi connectivity index (χ3n) is 4.29. The molecule has 8 heteroatoms. The molecule has 0 fully saturated rings. The van der Waals surface area contributed by atoms with Gasteiger partial charge in [-0.25, -0.2) is 4.98 Å². The maximum Gasteiger partial charge on any atom is 0.226 e. The molecule has 0 aliphatic carbocycles. The van der Waals surface area contributed by atoms with Crippen LogP contribution in [0.1, 0.15) is 53.4 Å². The average Bonchev–Trinajstić information content (AvgIpc) is 3.27. The number of Topliss-reactive ketones (excluding diaryl/α,β-unsaturated/α-hetero) is 1. The van der Waals surface area contributed by atoms with E-state index < -0.39 is 0 Å². The first kappa shape index (κ1) is 19.7. The van der Waals surface area contributed by atoms with E-state index in [0.717, 1.165) is 10.6 Å². The second-order valence-electron chi connectivity index (χ2n) is 7.00. The highest BCUT2D eigenvalue weighted by Gasteiger charge is 2.25. The summed E-state index contributed by atoms with van der Waals surface area (Å²) >= 11 is 2.80. The molecule has 2 amide bonds. The Kier molecular flexibility index (Phi) is 6.38. The molecule has 3 heterocycles. The summed E-state index contributed by atoms with van der Waals surface area (Å²) < 4.78 is 0. The Bertz CT molecular complexity index is 827. The van der Waals surface area contributed by atoms with E-state index >= 15 is 0 Å². The molecule has 0 atom stereocenters. The van der Waals surface area contributed by atoms with E-state index in [9.17, 15) is 14.4 Å². The van der Waals surface area contributed by atoms with Crippen molar-refractivity contribution < 1.29 is 14.4 Å². The monoisotopic (exact) mass is 405 g/mol. The van der Waals surface area contributed by atoms with Crippen LogP contribution in [0, 0.1) is 5.92 Å². The van der Waals surface area contributed by atoms with Crippen molar-refractivity contribution in [3.05, 3.63) is 33.0 Å². The molecule has 0 aromatic carbocycles. The van der Waals surface area contributed by atoms with Crippen molar-refractivity contribution in [2.75, 3.05) is 11.9 Å². The zero-order chi connectivity index (χ0) is 19.4. The number of fused-ring (bicyclic) bond motifs is 1. The van der Waals surface area contributed by atoms with Gasteiger partial charge < -0.3 is 10.2 Å². The second-order valence-corrected chi connectivity index (χ2v) is 9.03. The highest BCUT2D eigenvalue weighted by molar-refractivity contribution is 7.15. The fourth-order valence-corrected chi connectivity index (χ4v) is 4.64. The van der Waals surface area contributed by atoms with Gasteiger partial charge in [0.1, 0.15) is 0 Å². The molecular weight excluding hydrogens is 382 g/mol. The zero-order valence-electron chi connectivity index (χ0n) is 15.5. The minimum absolute atomic E-state index is 0.0158. The highest BCUT2D eigenvalue weighted by Crippen LogP contribution is 2.29. The quantitative estimate of drug-likeness (QED) is 0.712. The number of thiophene rings is 1. The van der Waals surface area contributed by atoms with E-state index in [-0.39, 0.29) is 30.4 Å². The first-order valence-corrected chi connectivity index (χ1v) is 10.7. The predicted molar refractivity (Wildman–Crippen MR) is 107 cm³/mol. The fourth-order valence-electron chi connectivity index (χ4n) is 2.91. The maximum atomic E-state index is 12.3. The van der Waals surface area contributed by atoms with E-state index in [1.807, 2.05) is 30.2 Å². The Balaban J connectivity index is 1.52. The first-order chi connectivity index (χ1) is 12.9. The van der Waals surface area contributed by atoms with Crippen LogP contribution in [0.3, 0.4) is 0 Å². The minimum atomic E-state index is -0.209. The lowest BCUT2D eigenvalue weighted by Gasteiger charge is -2.26. The van der Waals surface area contributed by atoms with Gasteiger partial charge in [-0.1, -0.05) is 31.3 Å². The number of nitrogens with one attached hydrogen (secondary N) is 1. The molecule has 0 saturated heterocycles. The molecule has 0 bridgehead atoms. The molecule has 27 heavy (non-hydrogen) atoms. The lowest BCUT2D eigenvalue weighted by Crippen LogP contribution is -2.36. The number of thiazole rings is 1. The second kappa shape index (κ2) is 8.75. The largest absolute Gasteiger partial charge is 0.337 e. The summed E-state index contributed by atoms with van der Waals surface area (Å²) in [6.45, 7) is 5.31. The molecule has 3 rings (SSSR count). The molecular formula is C19H23N3O3S2. The van der Waals surface area contributed by atoms with Crippen molar-refractivity contribution in [1.82, 2.24) is 9.88 Å². The Hall–Kier alpha value is -2.06. The Morgan fingerprint density at radius 2 is 2.11 bits per heavy atom. The van der Waals surface area contributed by atoms with Gasteiger partial charge in [0.05, 0.1) is 17.1 Å². The summed E-state index contributed by atoms with van der Waals surface area (Å²) in [6.07, 6.45) is 1.59. The molecule has 0 spiro atoms. The van der Waals surface area contributed by atoms with Gasteiger partial charge >= 0.3 is 0 Å². The number of aromatic nitrogens is 1. The van der Waals surface area contributed by atoms with Gasteiger partial charge in [0.2, 0.25) is 11.8 Å². The summed E-state index contributed by atoms with van der Waals surface area (Å²) in [4.78, 5) is 44.4. The molecule has 2 aromatic heterocycles. The fraction of sp³-hybridized carbons (Fsp3) is 0.474. The summed E-state index contributed by atoms with van der Waals surface area (Å²) in [5.41, 5.74) is 0.957. The summed E-state index contributed by atoms with van der Waals surface area (Å²) in [5.74, 6) is 0.283. The first-order valence-electron chi connectivity index (χ1n) is 9.05. The molecule has 0 radical (unpaired) electrons. The third kappa shape index (κ3) is 5.23. The number of nitrogens with zero attached hydrogens (tertiary/aromatic N) is 2. The normalized spacial score (nSPS) is 13.5. The van der Waals surface area contributed by atoms with Crippen LogP contribution in [0.5, 0.6) is 0 Å². The Morgan fingerprint density at radius 3 is 2.81 bits per heavy atom. The summed E-state index contributed by atoms with van der Waals surface area (Å²) in [5, 5.41) is 5.19. The number of carbonyl (C=O) groups is 3. The van der Waals surface area contributed by atoms with Crippen molar-refractivity contribution in [3.8, 4) is 0 Å². The van der Waals surface area contributed by atoms with Crippen LogP contribution >= 0.6 is 22.7 Å². The minimum Gasteiger partial charge on any atom is -0.337 e. The number of ketones is 1. The molecule has 1 aliphatic rings. The van der Waals surface area contributed by atoms with Gasteiger partial charge in [-0.15, -0.1) is 11.3 Å². The molecule has 1 aliphatic heterocycles. The van der Waals surface area contributed by atoms with Gasteiger partial charge in [0.25, 0.3) is 0 Å². The van der Waals surface area contributed by atoms with E-state index in [0.29, 0.717) is 41.9 Å². The zero-order valence-corrected chi connectivity index (χ0v) is 17.1. The highest BCUT2D eigenvalue weighted by atomic mass is 32.1. The number of rotatable bonds is 7. The lowest BCUT2D eigenvalue weighted by atomic mass is 10.1. The van der Waals surface area contributed by atoms with Crippen LogP contribution in [0.2, 0.25) is 0 Å². The van der Waals surface area contributed by atoms with Crippen molar-refractivity contribution >= 4 is 45.4 Å². The lowest BCUT2D eigenvalue weighted by molar-refractivity contribution is -0.132. The van der Waals surface area contributed by atoms with Gasteiger partial charge in [0.15, 0.2) is 10.9 Å². The predicted octanol–water partition coefficient (Wildman–Crippen LogP) is 3.74. The summed E-state index contributed by atoms with van der Waals surface area (Å²) in [7, 11) is 0. The van der Waals surface area contributed by atoms with E-state index in [4.69, 9.17) is 0 Å². The van der Waals surface area contributed by atoms with Gasteiger partial charge in [-0.05, 0) is 17.4 Å². The third-order valence-corrected chi connectivity index (χ3v) is 6.20. The number of anilines is 1. The van der Waals surface area contributed by atoms with Crippen molar-refractivity contribution in [2.24, 2.45) is 5.92 Å². The summed E-state index contributed by atoms with van der Waals surface area (Å²) in [6, 6.07) is 3.60.